The minimum absolute atomic E-state index is 0.294. The first kappa shape index (κ1) is 12.4. The van der Waals surface area contributed by atoms with Gasteiger partial charge in [-0.3, -0.25) is 14.8 Å². The Labute approximate surface area is 104 Å². The number of benzene rings is 1. The Kier molecular flexibility index (Phi) is 2.96. The number of amides is 2. The Morgan fingerprint density at radius 1 is 1.56 bits per heavy atom. The lowest BCUT2D eigenvalue weighted by molar-refractivity contribution is -0.132. The molecule has 2 rings (SSSR count). The van der Waals surface area contributed by atoms with Crippen LogP contribution < -0.4 is 16.0 Å². The van der Waals surface area contributed by atoms with Crippen molar-refractivity contribution in [2.75, 3.05) is 7.11 Å². The molecule has 18 heavy (non-hydrogen) atoms. The summed E-state index contributed by atoms with van der Waals surface area (Å²) in [6, 6.07) is 6.86. The van der Waals surface area contributed by atoms with E-state index in [0.29, 0.717) is 17.7 Å². The van der Waals surface area contributed by atoms with Gasteiger partial charge < -0.3 is 10.5 Å². The monoisotopic (exact) mass is 250 g/mol. The molecular weight excluding hydrogens is 236 g/mol. The average Bonchev–Trinajstić information content (AvgIpc) is 3.14. The fourth-order valence-corrected chi connectivity index (χ4v) is 2.29. The molecule has 6 nitrogen and oxygen atoms in total. The first-order valence-corrected chi connectivity index (χ1v) is 5.44. The molecule has 96 valence electrons. The van der Waals surface area contributed by atoms with Gasteiger partial charge in [-0.1, -0.05) is 12.1 Å². The molecule has 2 amide bonds. The van der Waals surface area contributed by atoms with E-state index in [1.165, 1.54) is 7.11 Å². The standard InChI is InChI=1S/C12H14N2O4/c1-18-8-4-2-3-7(5-8)12(11(13)16)6-9(12)10(15)14-17/h2-5,9,17H,6H2,1H3,(H2,13,16)(H,14,15). The zero-order valence-electron chi connectivity index (χ0n) is 9.84. The maximum atomic E-state index is 11.6. The van der Waals surface area contributed by atoms with Crippen molar-refractivity contribution in [2.24, 2.45) is 11.7 Å². The van der Waals surface area contributed by atoms with Gasteiger partial charge in [0.15, 0.2) is 0 Å². The second-order valence-corrected chi connectivity index (χ2v) is 4.30. The highest BCUT2D eigenvalue weighted by atomic mass is 16.5. The number of rotatable bonds is 4. The van der Waals surface area contributed by atoms with Gasteiger partial charge in [0, 0.05) is 0 Å². The first-order valence-electron chi connectivity index (χ1n) is 5.44. The van der Waals surface area contributed by atoms with Crippen molar-refractivity contribution in [3.8, 4) is 5.75 Å². The summed E-state index contributed by atoms with van der Waals surface area (Å²) in [5.74, 6) is -1.23. The number of hydrogen-bond donors (Lipinski definition) is 3. The van der Waals surface area contributed by atoms with Crippen molar-refractivity contribution in [1.82, 2.24) is 5.48 Å². The molecule has 2 atom stereocenters. The lowest BCUT2D eigenvalue weighted by atomic mass is 9.92. The van der Waals surface area contributed by atoms with Crippen LogP contribution in [0.25, 0.3) is 0 Å². The van der Waals surface area contributed by atoms with Crippen molar-refractivity contribution >= 4 is 11.8 Å². The minimum Gasteiger partial charge on any atom is -0.497 e. The first-order chi connectivity index (χ1) is 8.56. The highest BCUT2D eigenvalue weighted by Crippen LogP contribution is 2.54. The third kappa shape index (κ3) is 1.70. The second-order valence-electron chi connectivity index (χ2n) is 4.30. The largest absolute Gasteiger partial charge is 0.497 e. The van der Waals surface area contributed by atoms with E-state index in [2.05, 4.69) is 0 Å². The lowest BCUT2D eigenvalue weighted by Gasteiger charge is -2.14. The van der Waals surface area contributed by atoms with E-state index in [4.69, 9.17) is 15.7 Å². The Morgan fingerprint density at radius 2 is 2.28 bits per heavy atom. The van der Waals surface area contributed by atoms with E-state index in [1.807, 2.05) is 0 Å². The van der Waals surface area contributed by atoms with Crippen molar-refractivity contribution < 1.29 is 19.5 Å². The van der Waals surface area contributed by atoms with Crippen LogP contribution in [-0.4, -0.2) is 24.1 Å². The Hall–Kier alpha value is -2.08. The van der Waals surface area contributed by atoms with Crippen LogP contribution in [0.15, 0.2) is 24.3 Å². The van der Waals surface area contributed by atoms with Gasteiger partial charge in [-0.25, -0.2) is 5.48 Å². The van der Waals surface area contributed by atoms with E-state index >= 15 is 0 Å². The molecular formula is C12H14N2O4. The van der Waals surface area contributed by atoms with Crippen molar-refractivity contribution in [3.63, 3.8) is 0 Å². The molecule has 6 heteroatoms. The topological polar surface area (TPSA) is 102 Å². The zero-order chi connectivity index (χ0) is 13.3. The molecule has 0 radical (unpaired) electrons. The fraction of sp³-hybridized carbons (Fsp3) is 0.333. The molecule has 0 bridgehead atoms. The third-order valence-electron chi connectivity index (χ3n) is 3.41. The van der Waals surface area contributed by atoms with Crippen molar-refractivity contribution in [1.29, 1.82) is 0 Å². The summed E-state index contributed by atoms with van der Waals surface area (Å²) in [6.45, 7) is 0. The molecule has 1 fully saturated rings. The Morgan fingerprint density at radius 3 is 2.83 bits per heavy atom. The number of hydroxylamine groups is 1. The average molecular weight is 250 g/mol. The number of carbonyl (C=O) groups excluding carboxylic acids is 2. The Balaban J connectivity index is 2.39. The molecule has 1 saturated carbocycles. The summed E-state index contributed by atoms with van der Waals surface area (Å²) < 4.78 is 5.08. The van der Waals surface area contributed by atoms with Crippen LogP contribution in [0, 0.1) is 5.92 Å². The fourth-order valence-electron chi connectivity index (χ4n) is 2.29. The van der Waals surface area contributed by atoms with Gasteiger partial charge in [-0.2, -0.15) is 0 Å². The number of hydrogen-bond acceptors (Lipinski definition) is 4. The summed E-state index contributed by atoms with van der Waals surface area (Å²) in [7, 11) is 1.51. The van der Waals surface area contributed by atoms with Crippen molar-refractivity contribution in [2.45, 2.75) is 11.8 Å². The van der Waals surface area contributed by atoms with Crippen LogP contribution in [0.3, 0.4) is 0 Å². The van der Waals surface area contributed by atoms with E-state index in [9.17, 15) is 9.59 Å². The summed E-state index contributed by atoms with van der Waals surface area (Å²) in [6.07, 6.45) is 0.294. The number of ether oxygens (including phenoxy) is 1. The molecule has 1 aliphatic carbocycles. The third-order valence-corrected chi connectivity index (χ3v) is 3.41. The molecule has 0 saturated heterocycles. The van der Waals surface area contributed by atoms with Gasteiger partial charge in [0.25, 0.3) is 0 Å². The quantitative estimate of drug-likeness (QED) is 0.514. The van der Waals surface area contributed by atoms with Crippen LogP contribution in [0.4, 0.5) is 0 Å². The predicted molar refractivity (Wildman–Crippen MR) is 61.9 cm³/mol. The molecule has 0 spiro atoms. The molecule has 0 aliphatic heterocycles. The molecule has 1 aromatic carbocycles. The minimum atomic E-state index is -1.04. The maximum absolute atomic E-state index is 11.6. The second kappa shape index (κ2) is 4.30. The van der Waals surface area contributed by atoms with E-state index in [-0.39, 0.29) is 0 Å². The van der Waals surface area contributed by atoms with Crippen LogP contribution in [0.5, 0.6) is 5.75 Å². The zero-order valence-corrected chi connectivity index (χ0v) is 9.84. The van der Waals surface area contributed by atoms with E-state index in [0.717, 1.165) is 0 Å². The van der Waals surface area contributed by atoms with Crippen LogP contribution in [0.1, 0.15) is 12.0 Å². The van der Waals surface area contributed by atoms with Gasteiger partial charge in [-0.15, -0.1) is 0 Å². The number of nitrogens with one attached hydrogen (secondary N) is 1. The summed E-state index contributed by atoms with van der Waals surface area (Å²) in [5, 5.41) is 8.63. The van der Waals surface area contributed by atoms with Crippen LogP contribution in [0.2, 0.25) is 0 Å². The number of methoxy groups -OCH3 is 1. The maximum Gasteiger partial charge on any atom is 0.247 e. The molecule has 0 heterocycles. The number of nitrogens with two attached hydrogens (primary N) is 1. The summed E-state index contributed by atoms with van der Waals surface area (Å²) in [4.78, 5) is 23.1. The highest BCUT2D eigenvalue weighted by Gasteiger charge is 2.63. The normalized spacial score (nSPS) is 25.3. The predicted octanol–water partition coefficient (Wildman–Crippen LogP) is -0.0564. The van der Waals surface area contributed by atoms with Crippen LogP contribution in [-0.2, 0) is 15.0 Å². The van der Waals surface area contributed by atoms with Gasteiger partial charge in [0.1, 0.15) is 5.75 Å². The Bertz CT molecular complexity index is 503. The van der Waals surface area contributed by atoms with Crippen molar-refractivity contribution in [3.05, 3.63) is 29.8 Å². The van der Waals surface area contributed by atoms with E-state index in [1.54, 1.807) is 29.7 Å². The SMILES string of the molecule is COc1cccc(C2(C(N)=O)CC2C(=O)NO)c1. The summed E-state index contributed by atoms with van der Waals surface area (Å²) in [5.41, 5.74) is 6.54. The molecule has 2 unspecified atom stereocenters. The molecule has 4 N–H and O–H groups in total. The number of carbonyl (C=O) groups is 2. The summed E-state index contributed by atoms with van der Waals surface area (Å²) >= 11 is 0. The molecule has 1 aromatic rings. The lowest BCUT2D eigenvalue weighted by Crippen LogP contribution is -2.35. The van der Waals surface area contributed by atoms with Gasteiger partial charge in [0.2, 0.25) is 11.8 Å². The number of primary amides is 1. The van der Waals surface area contributed by atoms with Crippen LogP contribution >= 0.6 is 0 Å². The smallest absolute Gasteiger partial charge is 0.247 e. The van der Waals surface area contributed by atoms with Gasteiger partial charge in [-0.05, 0) is 24.1 Å². The highest BCUT2D eigenvalue weighted by molar-refractivity contribution is 5.99. The van der Waals surface area contributed by atoms with E-state index < -0.39 is 23.1 Å². The van der Waals surface area contributed by atoms with Gasteiger partial charge >= 0.3 is 0 Å². The molecule has 1 aliphatic rings. The van der Waals surface area contributed by atoms with Gasteiger partial charge in [0.05, 0.1) is 18.4 Å². The molecule has 0 aromatic heterocycles.